The predicted molar refractivity (Wildman–Crippen MR) is 86.0 cm³/mol. The van der Waals surface area contributed by atoms with Crippen molar-refractivity contribution in [3.8, 4) is 11.8 Å². The van der Waals surface area contributed by atoms with Crippen LogP contribution >= 0.6 is 0 Å². The fraction of sp³-hybridized carbons (Fsp3) is 0.188. The maximum Gasteiger partial charge on any atom is 0.339 e. The molecule has 0 unspecified atom stereocenters. The number of aromatic nitrogens is 1. The molecule has 0 saturated heterocycles. The first kappa shape index (κ1) is 17.4. The fourth-order valence-corrected chi connectivity index (χ4v) is 2.75. The first-order valence-corrected chi connectivity index (χ1v) is 8.29. The zero-order chi connectivity index (χ0) is 17.9. The summed E-state index contributed by atoms with van der Waals surface area (Å²) in [7, 11) is -1.01. The molecule has 0 radical (unpaired) electrons. The van der Waals surface area contributed by atoms with Crippen LogP contribution in [-0.4, -0.2) is 38.3 Å². The summed E-state index contributed by atoms with van der Waals surface area (Å²) in [5.41, 5.74) is 0.648. The lowest BCUT2D eigenvalue weighted by molar-refractivity contribution is 0.0822. The molecule has 0 fully saturated rings. The Balaban J connectivity index is 2.37. The van der Waals surface area contributed by atoms with Crippen LogP contribution in [0.1, 0.15) is 21.7 Å². The first-order chi connectivity index (χ1) is 11.2. The van der Waals surface area contributed by atoms with Crippen LogP contribution in [-0.2, 0) is 10.1 Å². The van der Waals surface area contributed by atoms with E-state index in [2.05, 4.69) is 4.98 Å². The van der Waals surface area contributed by atoms with Crippen LogP contribution in [0.5, 0.6) is 5.75 Å². The maximum atomic E-state index is 12.3. The number of aryl methyl sites for hydroxylation is 1. The molecule has 0 saturated carbocycles. The molecule has 7 nitrogen and oxygen atoms in total. The third-order valence-electron chi connectivity index (χ3n) is 3.10. The third kappa shape index (κ3) is 3.70. The lowest BCUT2D eigenvalue weighted by Gasteiger charge is -2.11. The summed E-state index contributed by atoms with van der Waals surface area (Å²) < 4.78 is 29.6. The van der Waals surface area contributed by atoms with Crippen molar-refractivity contribution in [1.29, 1.82) is 5.26 Å². The van der Waals surface area contributed by atoms with Gasteiger partial charge in [-0.15, -0.1) is 0 Å². The second-order valence-corrected chi connectivity index (χ2v) is 6.75. The topological polar surface area (TPSA) is 100 Å². The summed E-state index contributed by atoms with van der Waals surface area (Å²) in [6, 6.07) is 10.4. The van der Waals surface area contributed by atoms with Crippen LogP contribution in [0.3, 0.4) is 0 Å². The molecule has 0 aliphatic heterocycles. The molecular weight excluding hydrogens is 330 g/mol. The fourth-order valence-electron chi connectivity index (χ4n) is 1.81. The summed E-state index contributed by atoms with van der Waals surface area (Å²) in [4.78, 5) is 17.0. The smallest absolute Gasteiger partial charge is 0.339 e. The highest BCUT2D eigenvalue weighted by Gasteiger charge is 2.21. The Labute approximate surface area is 140 Å². The molecule has 0 spiro atoms. The minimum absolute atomic E-state index is 0.0247. The molecule has 2 aromatic rings. The van der Waals surface area contributed by atoms with E-state index in [9.17, 15) is 13.2 Å². The SMILES string of the molecule is Cc1ccc(S(=O)(=O)Oc2ccc(C(=O)N(C)C)nc2C#N)cc1. The van der Waals surface area contributed by atoms with Gasteiger partial charge in [0, 0.05) is 14.1 Å². The largest absolute Gasteiger partial charge is 0.376 e. The average Bonchev–Trinajstić information content (AvgIpc) is 2.54. The van der Waals surface area contributed by atoms with E-state index in [-0.39, 0.29) is 22.0 Å². The highest BCUT2D eigenvalue weighted by Crippen LogP contribution is 2.22. The molecule has 1 aromatic carbocycles. The number of rotatable bonds is 4. The number of nitrogens with zero attached hydrogens (tertiary/aromatic N) is 3. The van der Waals surface area contributed by atoms with E-state index < -0.39 is 16.0 Å². The van der Waals surface area contributed by atoms with Gasteiger partial charge in [-0.3, -0.25) is 4.79 Å². The van der Waals surface area contributed by atoms with E-state index in [1.807, 2.05) is 6.92 Å². The lowest BCUT2D eigenvalue weighted by atomic mass is 10.2. The van der Waals surface area contributed by atoms with E-state index in [1.54, 1.807) is 32.3 Å². The van der Waals surface area contributed by atoms with Gasteiger partial charge in [0.1, 0.15) is 16.7 Å². The van der Waals surface area contributed by atoms with Crippen molar-refractivity contribution in [3.05, 3.63) is 53.3 Å². The van der Waals surface area contributed by atoms with Gasteiger partial charge in [0.25, 0.3) is 5.91 Å². The highest BCUT2D eigenvalue weighted by atomic mass is 32.2. The molecule has 124 valence electrons. The Hall–Kier alpha value is -2.92. The lowest BCUT2D eigenvalue weighted by Crippen LogP contribution is -2.23. The van der Waals surface area contributed by atoms with Crippen LogP contribution < -0.4 is 4.18 Å². The van der Waals surface area contributed by atoms with Crippen molar-refractivity contribution in [2.45, 2.75) is 11.8 Å². The van der Waals surface area contributed by atoms with Gasteiger partial charge in [0.05, 0.1) is 0 Å². The van der Waals surface area contributed by atoms with Gasteiger partial charge in [-0.1, -0.05) is 17.7 Å². The van der Waals surface area contributed by atoms with Gasteiger partial charge in [-0.25, -0.2) is 4.98 Å². The number of hydrogen-bond donors (Lipinski definition) is 0. The summed E-state index contributed by atoms with van der Waals surface area (Å²) >= 11 is 0. The van der Waals surface area contributed by atoms with Gasteiger partial charge in [-0.05, 0) is 31.2 Å². The molecule has 1 heterocycles. The van der Waals surface area contributed by atoms with Crippen molar-refractivity contribution < 1.29 is 17.4 Å². The second kappa shape index (κ2) is 6.68. The van der Waals surface area contributed by atoms with Crippen molar-refractivity contribution in [3.63, 3.8) is 0 Å². The van der Waals surface area contributed by atoms with E-state index in [1.165, 1.54) is 29.2 Å². The molecule has 0 aliphatic carbocycles. The molecule has 24 heavy (non-hydrogen) atoms. The minimum atomic E-state index is -4.10. The minimum Gasteiger partial charge on any atom is -0.376 e. The second-order valence-electron chi connectivity index (χ2n) is 5.21. The molecule has 2 rings (SSSR count). The predicted octanol–water partition coefficient (Wildman–Crippen LogP) is 1.73. The molecule has 0 N–H and O–H groups in total. The Morgan fingerprint density at radius 1 is 1.17 bits per heavy atom. The van der Waals surface area contributed by atoms with E-state index in [0.29, 0.717) is 0 Å². The van der Waals surface area contributed by atoms with Gasteiger partial charge >= 0.3 is 10.1 Å². The van der Waals surface area contributed by atoms with Crippen LogP contribution in [0.15, 0.2) is 41.3 Å². The Morgan fingerprint density at radius 2 is 1.79 bits per heavy atom. The molecular formula is C16H15N3O4S. The number of amides is 1. The first-order valence-electron chi connectivity index (χ1n) is 6.88. The standard InChI is InChI=1S/C16H15N3O4S/c1-11-4-6-12(7-5-11)24(21,22)23-15-9-8-13(16(20)19(2)3)18-14(15)10-17/h4-9H,1-3H3. The van der Waals surface area contributed by atoms with Gasteiger partial charge in [0.15, 0.2) is 11.4 Å². The van der Waals surface area contributed by atoms with Gasteiger partial charge < -0.3 is 9.08 Å². The molecule has 1 amide bonds. The molecule has 8 heteroatoms. The van der Waals surface area contributed by atoms with Crippen molar-refractivity contribution in [1.82, 2.24) is 9.88 Å². The molecule has 1 aromatic heterocycles. The summed E-state index contributed by atoms with van der Waals surface area (Å²) in [5.74, 6) is -0.632. The number of benzene rings is 1. The summed E-state index contributed by atoms with van der Waals surface area (Å²) in [5, 5.41) is 9.15. The maximum absolute atomic E-state index is 12.3. The third-order valence-corrected chi connectivity index (χ3v) is 4.35. The number of carbonyl (C=O) groups is 1. The number of hydrogen-bond acceptors (Lipinski definition) is 6. The Bertz CT molecular complexity index is 913. The zero-order valence-electron chi connectivity index (χ0n) is 13.3. The number of carbonyl (C=O) groups excluding carboxylic acids is 1. The Morgan fingerprint density at radius 3 is 2.33 bits per heavy atom. The Kier molecular flexibility index (Phi) is 4.85. The van der Waals surface area contributed by atoms with Crippen LogP contribution in [0, 0.1) is 18.3 Å². The van der Waals surface area contributed by atoms with E-state index in [4.69, 9.17) is 9.44 Å². The highest BCUT2D eigenvalue weighted by molar-refractivity contribution is 7.87. The van der Waals surface area contributed by atoms with Crippen molar-refractivity contribution in [2.24, 2.45) is 0 Å². The molecule has 0 atom stereocenters. The summed E-state index contributed by atoms with van der Waals surface area (Å²) in [6.07, 6.45) is 0. The van der Waals surface area contributed by atoms with Gasteiger partial charge in [0.2, 0.25) is 0 Å². The number of nitriles is 1. The van der Waals surface area contributed by atoms with E-state index >= 15 is 0 Å². The van der Waals surface area contributed by atoms with Crippen molar-refractivity contribution in [2.75, 3.05) is 14.1 Å². The zero-order valence-corrected chi connectivity index (χ0v) is 14.2. The molecule has 0 bridgehead atoms. The van der Waals surface area contributed by atoms with Gasteiger partial charge in [-0.2, -0.15) is 13.7 Å². The average molecular weight is 345 g/mol. The van der Waals surface area contributed by atoms with Crippen LogP contribution in [0.4, 0.5) is 0 Å². The normalized spacial score (nSPS) is 10.8. The quantitative estimate of drug-likeness (QED) is 0.782. The van der Waals surface area contributed by atoms with E-state index in [0.717, 1.165) is 5.56 Å². The van der Waals surface area contributed by atoms with Crippen LogP contribution in [0.25, 0.3) is 0 Å². The van der Waals surface area contributed by atoms with Crippen LogP contribution in [0.2, 0.25) is 0 Å². The monoisotopic (exact) mass is 345 g/mol. The van der Waals surface area contributed by atoms with Crippen molar-refractivity contribution >= 4 is 16.0 Å². The number of pyridine rings is 1. The molecule has 0 aliphatic rings. The summed E-state index contributed by atoms with van der Waals surface area (Å²) in [6.45, 7) is 1.83.